The summed E-state index contributed by atoms with van der Waals surface area (Å²) >= 11 is 0. The van der Waals surface area contributed by atoms with Crippen LogP contribution in [0.5, 0.6) is 0 Å². The number of sulfonamides is 1. The highest BCUT2D eigenvalue weighted by Gasteiger charge is 2.43. The van der Waals surface area contributed by atoms with Crippen molar-refractivity contribution in [3.8, 4) is 0 Å². The molecule has 0 aromatic heterocycles. The normalized spacial score (nSPS) is 24.8. The molecule has 4 rings (SSSR count). The third-order valence-electron chi connectivity index (χ3n) is 7.20. The molecule has 2 aromatic rings. The Balaban J connectivity index is 1.58. The van der Waals surface area contributed by atoms with E-state index in [2.05, 4.69) is 0 Å². The fraction of sp³-hybridized carbons (Fsp3) is 0.500. The molecule has 0 radical (unpaired) electrons. The van der Waals surface area contributed by atoms with Crippen molar-refractivity contribution in [2.45, 2.75) is 55.9 Å². The van der Waals surface area contributed by atoms with Crippen LogP contribution in [0.3, 0.4) is 0 Å². The number of carbonyl (C=O) groups is 1. The lowest BCUT2D eigenvalue weighted by Gasteiger charge is -2.39. The summed E-state index contributed by atoms with van der Waals surface area (Å²) in [6.07, 6.45) is 2.77. The fourth-order valence-corrected chi connectivity index (χ4v) is 7.43. The van der Waals surface area contributed by atoms with E-state index in [1.807, 2.05) is 61.5 Å². The highest BCUT2D eigenvalue weighted by atomic mass is 32.2. The molecular weight excluding hydrogens is 436 g/mol. The minimum absolute atomic E-state index is 0.0493. The van der Waals surface area contributed by atoms with E-state index in [4.69, 9.17) is 4.74 Å². The zero-order valence-corrected chi connectivity index (χ0v) is 20.6. The van der Waals surface area contributed by atoms with Crippen LogP contribution in [-0.4, -0.2) is 56.9 Å². The summed E-state index contributed by atoms with van der Waals surface area (Å²) in [5.41, 5.74) is 2.18. The van der Waals surface area contributed by atoms with Gasteiger partial charge in [0.05, 0.1) is 5.41 Å². The molecule has 0 saturated carbocycles. The second-order valence-electron chi connectivity index (χ2n) is 9.51. The van der Waals surface area contributed by atoms with Crippen LogP contribution < -0.4 is 0 Å². The largest absolute Gasteiger partial charge is 0.381 e. The number of benzene rings is 2. The smallest absolute Gasteiger partial charge is 0.232 e. The van der Waals surface area contributed by atoms with E-state index in [0.29, 0.717) is 39.0 Å². The lowest BCUT2D eigenvalue weighted by Crippen LogP contribution is -2.47. The van der Waals surface area contributed by atoms with Crippen LogP contribution in [-0.2, 0) is 31.5 Å². The highest BCUT2D eigenvalue weighted by Crippen LogP contribution is 2.39. The molecule has 0 aliphatic carbocycles. The Morgan fingerprint density at radius 1 is 1.03 bits per heavy atom. The Labute approximate surface area is 197 Å². The third-order valence-corrected chi connectivity index (χ3v) is 9.57. The van der Waals surface area contributed by atoms with Crippen LogP contribution in [0.15, 0.2) is 54.6 Å². The summed E-state index contributed by atoms with van der Waals surface area (Å²) in [6.45, 7) is 3.45. The molecule has 2 aliphatic rings. The van der Waals surface area contributed by atoms with Crippen molar-refractivity contribution in [2.75, 3.05) is 27.3 Å². The maximum absolute atomic E-state index is 13.5. The molecule has 2 atom stereocenters. The van der Waals surface area contributed by atoms with Gasteiger partial charge >= 0.3 is 0 Å². The molecular formula is C26H34N2O4S. The van der Waals surface area contributed by atoms with Crippen LogP contribution >= 0.6 is 0 Å². The van der Waals surface area contributed by atoms with E-state index in [0.717, 1.165) is 23.1 Å². The van der Waals surface area contributed by atoms with Gasteiger partial charge in [-0.25, -0.2) is 8.42 Å². The van der Waals surface area contributed by atoms with Crippen molar-refractivity contribution in [2.24, 2.45) is 0 Å². The number of nitrogens with zero attached hydrogens (tertiary/aromatic N) is 2. The van der Waals surface area contributed by atoms with Gasteiger partial charge in [0.25, 0.3) is 0 Å². The highest BCUT2D eigenvalue weighted by molar-refractivity contribution is 7.89. The summed E-state index contributed by atoms with van der Waals surface area (Å²) < 4.78 is 34.2. The third kappa shape index (κ3) is 4.59. The Hall–Kier alpha value is -2.22. The zero-order chi connectivity index (χ0) is 23.6. The van der Waals surface area contributed by atoms with Crippen molar-refractivity contribution >= 4 is 15.9 Å². The average Bonchev–Trinajstić information content (AvgIpc) is 2.82. The fourth-order valence-electron chi connectivity index (χ4n) is 5.23. The Kier molecular flexibility index (Phi) is 6.93. The van der Waals surface area contributed by atoms with Crippen molar-refractivity contribution in [1.29, 1.82) is 0 Å². The first-order valence-corrected chi connectivity index (χ1v) is 13.2. The Morgan fingerprint density at radius 3 is 2.27 bits per heavy atom. The van der Waals surface area contributed by atoms with Crippen molar-refractivity contribution in [1.82, 2.24) is 9.21 Å². The number of carbonyl (C=O) groups excluding carboxylic acids is 1. The van der Waals surface area contributed by atoms with Crippen molar-refractivity contribution in [3.05, 3.63) is 71.3 Å². The molecule has 2 aliphatic heterocycles. The van der Waals surface area contributed by atoms with Gasteiger partial charge in [-0.3, -0.25) is 4.79 Å². The molecule has 0 N–H and O–H groups in total. The van der Waals surface area contributed by atoms with Crippen molar-refractivity contribution < 1.29 is 17.9 Å². The van der Waals surface area contributed by atoms with Gasteiger partial charge in [-0.1, -0.05) is 54.6 Å². The van der Waals surface area contributed by atoms with Gasteiger partial charge in [0.15, 0.2) is 0 Å². The summed E-state index contributed by atoms with van der Waals surface area (Å²) in [5.74, 6) is 0.0940. The molecule has 33 heavy (non-hydrogen) atoms. The Bertz CT molecular complexity index is 1060. The summed E-state index contributed by atoms with van der Waals surface area (Å²) in [4.78, 5) is 14.8. The number of likely N-dealkylation sites (N-methyl/N-ethyl adjacent to an activating group) is 1. The second kappa shape index (κ2) is 9.57. The average molecular weight is 471 g/mol. The molecule has 0 spiro atoms. The summed E-state index contributed by atoms with van der Waals surface area (Å²) in [5, 5.41) is -0.502. The van der Waals surface area contributed by atoms with E-state index in [9.17, 15) is 13.2 Å². The quantitative estimate of drug-likeness (QED) is 0.665. The van der Waals surface area contributed by atoms with Crippen LogP contribution in [0.1, 0.15) is 54.5 Å². The molecule has 2 saturated heterocycles. The lowest BCUT2D eigenvalue weighted by molar-refractivity contribution is -0.138. The Morgan fingerprint density at radius 2 is 1.67 bits per heavy atom. The van der Waals surface area contributed by atoms with Crippen LogP contribution in [0.2, 0.25) is 0 Å². The van der Waals surface area contributed by atoms with E-state index in [1.54, 1.807) is 23.3 Å². The molecule has 0 unspecified atom stereocenters. The molecule has 7 heteroatoms. The van der Waals surface area contributed by atoms with E-state index >= 15 is 0 Å². The molecule has 2 heterocycles. The number of amides is 1. The first kappa shape index (κ1) is 23.9. The van der Waals surface area contributed by atoms with Crippen molar-refractivity contribution in [3.63, 3.8) is 0 Å². The molecule has 6 nitrogen and oxygen atoms in total. The maximum Gasteiger partial charge on any atom is 0.232 e. The lowest BCUT2D eigenvalue weighted by atomic mass is 9.73. The van der Waals surface area contributed by atoms with Crippen LogP contribution in [0.25, 0.3) is 0 Å². The van der Waals surface area contributed by atoms with Gasteiger partial charge in [-0.15, -0.1) is 0 Å². The minimum atomic E-state index is -3.48. The topological polar surface area (TPSA) is 66.9 Å². The summed E-state index contributed by atoms with van der Waals surface area (Å²) in [7, 11) is 0.107. The zero-order valence-electron chi connectivity index (χ0n) is 19.7. The van der Waals surface area contributed by atoms with Gasteiger partial charge in [-0.2, -0.15) is 4.31 Å². The minimum Gasteiger partial charge on any atom is -0.381 e. The number of rotatable bonds is 5. The number of hydrogen-bond acceptors (Lipinski definition) is 4. The monoisotopic (exact) mass is 470 g/mol. The van der Waals surface area contributed by atoms with Gasteiger partial charge in [0, 0.05) is 39.9 Å². The first-order chi connectivity index (χ1) is 15.8. The second-order valence-corrected chi connectivity index (χ2v) is 11.6. The van der Waals surface area contributed by atoms with E-state index in [1.165, 1.54) is 0 Å². The predicted octanol–water partition coefficient (Wildman–Crippen LogP) is 3.88. The predicted molar refractivity (Wildman–Crippen MR) is 129 cm³/mol. The van der Waals surface area contributed by atoms with Gasteiger partial charge in [0.2, 0.25) is 15.9 Å². The SMILES string of the molecule is C[C@H]1CC[C@H](c2ccccc2)S(=O)(=O)N1Cc1ccc(C2(C(=O)N(C)C)CCOCC2)cc1. The van der Waals surface area contributed by atoms with Gasteiger partial charge in [0.1, 0.15) is 5.25 Å². The van der Waals surface area contributed by atoms with Crippen LogP contribution in [0.4, 0.5) is 0 Å². The number of ether oxygens (including phenoxy) is 1. The van der Waals surface area contributed by atoms with Gasteiger partial charge < -0.3 is 9.64 Å². The summed E-state index contributed by atoms with van der Waals surface area (Å²) in [6, 6.07) is 17.4. The van der Waals surface area contributed by atoms with Gasteiger partial charge in [-0.05, 0) is 49.3 Å². The molecule has 1 amide bonds. The maximum atomic E-state index is 13.5. The standard InChI is InChI=1S/C26H34N2O4S/c1-20-9-14-24(22-7-5-4-6-8-22)33(30,31)28(20)19-21-10-12-23(13-11-21)26(25(29)27(2)3)15-17-32-18-16-26/h4-8,10-13,20,24H,9,14-19H2,1-3H3/t20-,24+/m0/s1. The van der Waals surface area contributed by atoms with Crippen LogP contribution in [0, 0.1) is 0 Å². The van der Waals surface area contributed by atoms with E-state index in [-0.39, 0.29) is 11.9 Å². The number of hydrogen-bond donors (Lipinski definition) is 0. The molecule has 2 aromatic carbocycles. The molecule has 0 bridgehead atoms. The molecule has 178 valence electrons. The molecule has 2 fully saturated rings. The van der Waals surface area contributed by atoms with E-state index < -0.39 is 20.7 Å². The first-order valence-electron chi connectivity index (χ1n) is 11.7.